The lowest BCUT2D eigenvalue weighted by Crippen LogP contribution is -2.13. The van der Waals surface area contributed by atoms with Crippen molar-refractivity contribution < 1.29 is 0 Å². The predicted molar refractivity (Wildman–Crippen MR) is 58.4 cm³/mol. The Bertz CT molecular complexity index is 508. The van der Waals surface area contributed by atoms with E-state index in [0.29, 0.717) is 24.6 Å². The second-order valence-electron chi connectivity index (χ2n) is 3.14. The van der Waals surface area contributed by atoms with Gasteiger partial charge in [0.05, 0.1) is 22.7 Å². The molecule has 5 heteroatoms. The van der Waals surface area contributed by atoms with E-state index in [4.69, 9.17) is 11.0 Å². The Balaban J connectivity index is 2.34. The van der Waals surface area contributed by atoms with Crippen LogP contribution in [0.25, 0.3) is 11.0 Å². The van der Waals surface area contributed by atoms with Crippen molar-refractivity contribution in [1.29, 1.82) is 5.26 Å². The fraction of sp³-hybridized carbons (Fsp3) is 0.200. The zero-order chi connectivity index (χ0) is 10.7. The molecule has 0 radical (unpaired) electrons. The molecule has 0 atom stereocenters. The number of nitrogens with one attached hydrogen (secondary N) is 2. The van der Waals surface area contributed by atoms with E-state index in [-0.39, 0.29) is 0 Å². The average Bonchev–Trinajstić information content (AvgIpc) is 2.67. The molecule has 0 saturated carbocycles. The molecular weight excluding hydrogens is 190 g/mol. The summed E-state index contributed by atoms with van der Waals surface area (Å²) in [5.74, 6) is 0.686. The van der Waals surface area contributed by atoms with Crippen molar-refractivity contribution in [3.05, 3.63) is 23.8 Å². The Morgan fingerprint density at radius 2 is 2.40 bits per heavy atom. The highest BCUT2D eigenvalue weighted by molar-refractivity contribution is 5.78. The van der Waals surface area contributed by atoms with Crippen LogP contribution in [0.3, 0.4) is 0 Å². The molecule has 1 aromatic carbocycles. The molecule has 0 fully saturated rings. The van der Waals surface area contributed by atoms with E-state index >= 15 is 0 Å². The molecule has 1 heterocycles. The third-order valence-corrected chi connectivity index (χ3v) is 2.05. The van der Waals surface area contributed by atoms with Gasteiger partial charge in [-0.15, -0.1) is 0 Å². The molecule has 0 spiro atoms. The third kappa shape index (κ3) is 1.90. The number of imidazole rings is 1. The maximum Gasteiger partial charge on any atom is 0.201 e. The SMILES string of the molecule is N#Cc1ccc2nc(NCCN)[nH]c2c1. The number of hydrogen-bond acceptors (Lipinski definition) is 4. The molecule has 0 unspecified atom stereocenters. The van der Waals surface area contributed by atoms with Gasteiger partial charge in [0, 0.05) is 13.1 Å². The molecule has 1 aromatic heterocycles. The monoisotopic (exact) mass is 201 g/mol. The van der Waals surface area contributed by atoms with E-state index in [1.54, 1.807) is 12.1 Å². The van der Waals surface area contributed by atoms with E-state index in [2.05, 4.69) is 21.4 Å². The van der Waals surface area contributed by atoms with Gasteiger partial charge in [-0.05, 0) is 18.2 Å². The molecule has 0 saturated heterocycles. The molecule has 0 aliphatic heterocycles. The van der Waals surface area contributed by atoms with Crippen molar-refractivity contribution in [1.82, 2.24) is 9.97 Å². The van der Waals surface area contributed by atoms with Crippen molar-refractivity contribution in [3.63, 3.8) is 0 Å². The summed E-state index contributed by atoms with van der Waals surface area (Å²) < 4.78 is 0. The van der Waals surface area contributed by atoms with Gasteiger partial charge in [-0.1, -0.05) is 0 Å². The minimum Gasteiger partial charge on any atom is -0.355 e. The van der Waals surface area contributed by atoms with Crippen molar-refractivity contribution in [2.24, 2.45) is 5.73 Å². The number of H-pyrrole nitrogens is 1. The summed E-state index contributed by atoms with van der Waals surface area (Å²) in [5.41, 5.74) is 7.69. The summed E-state index contributed by atoms with van der Waals surface area (Å²) in [6, 6.07) is 7.42. The van der Waals surface area contributed by atoms with Crippen LogP contribution in [-0.2, 0) is 0 Å². The van der Waals surface area contributed by atoms with Gasteiger partial charge in [0.25, 0.3) is 0 Å². The zero-order valence-electron chi connectivity index (χ0n) is 8.12. The summed E-state index contributed by atoms with van der Waals surface area (Å²) in [6.45, 7) is 1.23. The fourth-order valence-electron chi connectivity index (χ4n) is 1.35. The first-order chi connectivity index (χ1) is 7.33. The first-order valence-corrected chi connectivity index (χ1v) is 4.67. The number of aromatic amines is 1. The van der Waals surface area contributed by atoms with Gasteiger partial charge in [-0.3, -0.25) is 0 Å². The number of fused-ring (bicyclic) bond motifs is 1. The van der Waals surface area contributed by atoms with Gasteiger partial charge in [-0.2, -0.15) is 5.26 Å². The maximum atomic E-state index is 8.73. The lowest BCUT2D eigenvalue weighted by molar-refractivity contribution is 1.00. The Labute approximate surface area is 86.9 Å². The zero-order valence-corrected chi connectivity index (χ0v) is 8.12. The number of nitrogens with two attached hydrogens (primary N) is 1. The molecule has 2 rings (SSSR count). The Morgan fingerprint density at radius 1 is 1.53 bits per heavy atom. The van der Waals surface area contributed by atoms with E-state index < -0.39 is 0 Å². The van der Waals surface area contributed by atoms with Crippen LogP contribution in [0.2, 0.25) is 0 Å². The molecule has 76 valence electrons. The van der Waals surface area contributed by atoms with Gasteiger partial charge < -0.3 is 16.0 Å². The second kappa shape index (κ2) is 3.98. The molecule has 0 bridgehead atoms. The number of benzene rings is 1. The number of aromatic nitrogens is 2. The van der Waals surface area contributed by atoms with Gasteiger partial charge in [0.2, 0.25) is 5.95 Å². The van der Waals surface area contributed by atoms with Crippen molar-refractivity contribution >= 4 is 17.0 Å². The number of nitriles is 1. The van der Waals surface area contributed by atoms with Crippen LogP contribution in [0.1, 0.15) is 5.56 Å². The molecule has 0 amide bonds. The van der Waals surface area contributed by atoms with E-state index in [0.717, 1.165) is 11.0 Å². The predicted octanol–water partition coefficient (Wildman–Crippen LogP) is 0.805. The van der Waals surface area contributed by atoms with Gasteiger partial charge >= 0.3 is 0 Å². The quantitative estimate of drug-likeness (QED) is 0.685. The van der Waals surface area contributed by atoms with Crippen LogP contribution in [0, 0.1) is 11.3 Å². The molecule has 0 aliphatic carbocycles. The van der Waals surface area contributed by atoms with Crippen molar-refractivity contribution in [3.8, 4) is 6.07 Å². The van der Waals surface area contributed by atoms with E-state index in [9.17, 15) is 0 Å². The highest BCUT2D eigenvalue weighted by Gasteiger charge is 2.02. The number of hydrogen-bond donors (Lipinski definition) is 3. The normalized spacial score (nSPS) is 10.1. The van der Waals surface area contributed by atoms with Crippen molar-refractivity contribution in [2.75, 3.05) is 18.4 Å². The second-order valence-corrected chi connectivity index (χ2v) is 3.14. The summed E-state index contributed by atoms with van der Waals surface area (Å²) in [7, 11) is 0. The third-order valence-electron chi connectivity index (χ3n) is 2.05. The highest BCUT2D eigenvalue weighted by Crippen LogP contribution is 2.15. The van der Waals surface area contributed by atoms with Crippen LogP contribution < -0.4 is 11.1 Å². The van der Waals surface area contributed by atoms with Gasteiger partial charge in [0.15, 0.2) is 0 Å². The lowest BCUT2D eigenvalue weighted by atomic mass is 10.2. The van der Waals surface area contributed by atoms with Gasteiger partial charge in [-0.25, -0.2) is 4.98 Å². The minimum absolute atomic E-state index is 0.556. The molecule has 0 aliphatic rings. The standard InChI is InChI=1S/C10H11N5/c11-3-4-13-10-14-8-2-1-7(6-12)5-9(8)15-10/h1-2,5H,3-4,11H2,(H2,13,14,15). The molecular formula is C10H11N5. The fourth-order valence-corrected chi connectivity index (χ4v) is 1.35. The summed E-state index contributed by atoms with van der Waals surface area (Å²) in [6.07, 6.45) is 0. The summed E-state index contributed by atoms with van der Waals surface area (Å²) in [4.78, 5) is 7.37. The largest absolute Gasteiger partial charge is 0.355 e. The van der Waals surface area contributed by atoms with Gasteiger partial charge in [0.1, 0.15) is 0 Å². The summed E-state index contributed by atoms with van der Waals surface area (Å²) in [5, 5.41) is 11.8. The first-order valence-electron chi connectivity index (χ1n) is 4.67. The summed E-state index contributed by atoms with van der Waals surface area (Å²) >= 11 is 0. The smallest absolute Gasteiger partial charge is 0.201 e. The first kappa shape index (κ1) is 9.49. The molecule has 2 aromatic rings. The van der Waals surface area contributed by atoms with Crippen molar-refractivity contribution in [2.45, 2.75) is 0 Å². The Morgan fingerprint density at radius 3 is 3.13 bits per heavy atom. The highest BCUT2D eigenvalue weighted by atomic mass is 15.1. The molecule has 15 heavy (non-hydrogen) atoms. The van der Waals surface area contributed by atoms with E-state index in [1.165, 1.54) is 0 Å². The topological polar surface area (TPSA) is 90.5 Å². The van der Waals surface area contributed by atoms with Crippen LogP contribution in [0.4, 0.5) is 5.95 Å². The van der Waals surface area contributed by atoms with Crippen LogP contribution in [-0.4, -0.2) is 23.1 Å². The maximum absolute atomic E-state index is 8.73. The molecule has 5 nitrogen and oxygen atoms in total. The Hall–Kier alpha value is -2.06. The Kier molecular flexibility index (Phi) is 2.52. The number of nitrogens with zero attached hydrogens (tertiary/aromatic N) is 2. The molecule has 4 N–H and O–H groups in total. The van der Waals surface area contributed by atoms with E-state index in [1.807, 2.05) is 6.07 Å². The average molecular weight is 201 g/mol. The minimum atomic E-state index is 0.556. The van der Waals surface area contributed by atoms with Crippen LogP contribution >= 0.6 is 0 Å². The number of rotatable bonds is 3. The lowest BCUT2D eigenvalue weighted by Gasteiger charge is -1.96. The van der Waals surface area contributed by atoms with Crippen LogP contribution in [0.15, 0.2) is 18.2 Å². The number of anilines is 1. The van der Waals surface area contributed by atoms with Crippen LogP contribution in [0.5, 0.6) is 0 Å².